The van der Waals surface area contributed by atoms with E-state index in [2.05, 4.69) is 0 Å². The first kappa shape index (κ1) is 14.4. The molecular weight excluding hydrogens is 274 g/mol. The molecule has 1 atom stereocenters. The molecular formula is C12H16F2N2O2S. The van der Waals surface area contributed by atoms with Gasteiger partial charge in [0.15, 0.2) is 4.90 Å². The Hall–Kier alpha value is -1.05. The lowest BCUT2D eigenvalue weighted by molar-refractivity contribution is 0.256. The van der Waals surface area contributed by atoms with Gasteiger partial charge in [-0.25, -0.2) is 17.2 Å². The van der Waals surface area contributed by atoms with Gasteiger partial charge in [0.1, 0.15) is 11.6 Å². The van der Waals surface area contributed by atoms with Crippen LogP contribution in [0.15, 0.2) is 23.1 Å². The fourth-order valence-electron chi connectivity index (χ4n) is 2.37. The van der Waals surface area contributed by atoms with Gasteiger partial charge in [-0.05, 0) is 25.0 Å². The Morgan fingerprint density at radius 3 is 2.47 bits per heavy atom. The summed E-state index contributed by atoms with van der Waals surface area (Å²) in [5.41, 5.74) is 5.55. The molecule has 1 aliphatic heterocycles. The van der Waals surface area contributed by atoms with E-state index in [1.807, 2.05) is 0 Å². The maximum atomic E-state index is 13.7. The number of rotatable bonds is 3. The molecule has 0 saturated carbocycles. The average Bonchev–Trinajstić information content (AvgIpc) is 2.38. The van der Waals surface area contributed by atoms with Crippen LogP contribution >= 0.6 is 0 Å². The molecule has 1 heterocycles. The summed E-state index contributed by atoms with van der Waals surface area (Å²) >= 11 is 0. The minimum Gasteiger partial charge on any atom is -0.329 e. The van der Waals surface area contributed by atoms with Crippen molar-refractivity contribution in [2.45, 2.75) is 30.2 Å². The van der Waals surface area contributed by atoms with Crippen LogP contribution < -0.4 is 5.73 Å². The van der Waals surface area contributed by atoms with Gasteiger partial charge >= 0.3 is 0 Å². The van der Waals surface area contributed by atoms with E-state index in [9.17, 15) is 17.2 Å². The second-order valence-electron chi connectivity index (χ2n) is 4.55. The molecule has 2 rings (SSSR count). The maximum absolute atomic E-state index is 13.7. The first-order chi connectivity index (χ1) is 8.98. The SMILES string of the molecule is NC[C@H]1CCCCN1S(=O)(=O)c1c(F)cccc1F. The molecule has 106 valence electrons. The Morgan fingerprint density at radius 2 is 1.89 bits per heavy atom. The molecule has 7 heteroatoms. The van der Waals surface area contributed by atoms with Crippen molar-refractivity contribution in [3.8, 4) is 0 Å². The van der Waals surface area contributed by atoms with Crippen LogP contribution in [0.25, 0.3) is 0 Å². The summed E-state index contributed by atoms with van der Waals surface area (Å²) in [6, 6.07) is 2.63. The molecule has 0 aromatic heterocycles. The lowest BCUT2D eigenvalue weighted by Crippen LogP contribution is -2.47. The summed E-state index contributed by atoms with van der Waals surface area (Å²) < 4.78 is 53.2. The fraction of sp³-hybridized carbons (Fsp3) is 0.500. The lowest BCUT2D eigenvalue weighted by atomic mass is 10.1. The van der Waals surface area contributed by atoms with Gasteiger partial charge < -0.3 is 5.73 Å². The molecule has 2 N–H and O–H groups in total. The Morgan fingerprint density at radius 1 is 1.26 bits per heavy atom. The first-order valence-electron chi connectivity index (χ1n) is 6.14. The van der Waals surface area contributed by atoms with Crippen LogP contribution in [0.4, 0.5) is 8.78 Å². The third-order valence-corrected chi connectivity index (χ3v) is 5.33. The van der Waals surface area contributed by atoms with Gasteiger partial charge in [0, 0.05) is 19.1 Å². The minimum atomic E-state index is -4.18. The van der Waals surface area contributed by atoms with Crippen molar-refractivity contribution in [3.05, 3.63) is 29.8 Å². The predicted molar refractivity (Wildman–Crippen MR) is 66.9 cm³/mol. The van der Waals surface area contributed by atoms with Crippen LogP contribution in [0.3, 0.4) is 0 Å². The van der Waals surface area contributed by atoms with Crippen LogP contribution in [-0.4, -0.2) is 31.9 Å². The number of nitrogens with zero attached hydrogens (tertiary/aromatic N) is 1. The van der Waals surface area contributed by atoms with Crippen molar-refractivity contribution in [1.82, 2.24) is 4.31 Å². The highest BCUT2D eigenvalue weighted by molar-refractivity contribution is 7.89. The monoisotopic (exact) mass is 290 g/mol. The lowest BCUT2D eigenvalue weighted by Gasteiger charge is -2.33. The molecule has 1 aromatic carbocycles. The van der Waals surface area contributed by atoms with Crippen molar-refractivity contribution < 1.29 is 17.2 Å². The smallest absolute Gasteiger partial charge is 0.249 e. The molecule has 0 aliphatic carbocycles. The normalized spacial score (nSPS) is 21.5. The molecule has 1 fully saturated rings. The Bertz CT molecular complexity index is 543. The molecule has 0 bridgehead atoms. The Balaban J connectivity index is 2.47. The minimum absolute atomic E-state index is 0.148. The van der Waals surface area contributed by atoms with E-state index in [0.29, 0.717) is 12.8 Å². The van der Waals surface area contributed by atoms with E-state index in [0.717, 1.165) is 28.9 Å². The van der Waals surface area contributed by atoms with E-state index in [4.69, 9.17) is 5.73 Å². The van der Waals surface area contributed by atoms with E-state index in [1.165, 1.54) is 0 Å². The zero-order valence-corrected chi connectivity index (χ0v) is 11.2. The molecule has 19 heavy (non-hydrogen) atoms. The number of hydrogen-bond donors (Lipinski definition) is 1. The summed E-state index contributed by atoms with van der Waals surface area (Å²) in [5, 5.41) is 0. The van der Waals surface area contributed by atoms with Crippen LogP contribution in [0.5, 0.6) is 0 Å². The van der Waals surface area contributed by atoms with Crippen LogP contribution in [0, 0.1) is 11.6 Å². The van der Waals surface area contributed by atoms with Crippen LogP contribution in [-0.2, 0) is 10.0 Å². The van der Waals surface area contributed by atoms with Gasteiger partial charge in [-0.3, -0.25) is 0 Å². The van der Waals surface area contributed by atoms with Gasteiger partial charge in [-0.2, -0.15) is 4.31 Å². The van der Waals surface area contributed by atoms with Gasteiger partial charge in [-0.1, -0.05) is 12.5 Å². The molecule has 0 spiro atoms. The largest absolute Gasteiger partial charge is 0.329 e. The maximum Gasteiger partial charge on any atom is 0.249 e. The van der Waals surface area contributed by atoms with Crippen molar-refractivity contribution in [3.63, 3.8) is 0 Å². The van der Waals surface area contributed by atoms with Gasteiger partial charge in [-0.15, -0.1) is 0 Å². The highest BCUT2D eigenvalue weighted by Gasteiger charge is 2.36. The first-order valence-corrected chi connectivity index (χ1v) is 7.58. The highest BCUT2D eigenvalue weighted by Crippen LogP contribution is 2.28. The zero-order valence-electron chi connectivity index (χ0n) is 10.4. The quantitative estimate of drug-likeness (QED) is 0.917. The molecule has 1 aliphatic rings. The van der Waals surface area contributed by atoms with Crippen molar-refractivity contribution in [1.29, 1.82) is 0 Å². The number of sulfonamides is 1. The van der Waals surface area contributed by atoms with Gasteiger partial charge in [0.25, 0.3) is 0 Å². The van der Waals surface area contributed by atoms with Gasteiger partial charge in [0.05, 0.1) is 0 Å². The third kappa shape index (κ3) is 2.63. The van der Waals surface area contributed by atoms with E-state index < -0.39 is 32.6 Å². The summed E-state index contributed by atoms with van der Waals surface area (Å²) in [7, 11) is -4.18. The number of halogens is 2. The average molecular weight is 290 g/mol. The standard InChI is InChI=1S/C12H16F2N2O2S/c13-10-5-3-6-11(14)12(10)19(17,18)16-7-2-1-4-9(16)8-15/h3,5-6,9H,1-2,4,7-8,15H2/t9-/m1/s1. The second-order valence-corrected chi connectivity index (χ2v) is 6.38. The Labute approximate surface area is 111 Å². The van der Waals surface area contributed by atoms with E-state index in [1.54, 1.807) is 0 Å². The molecule has 4 nitrogen and oxygen atoms in total. The number of nitrogens with two attached hydrogens (primary N) is 1. The third-order valence-electron chi connectivity index (χ3n) is 3.33. The summed E-state index contributed by atoms with van der Waals surface area (Å²) in [5.74, 6) is -2.14. The number of benzene rings is 1. The molecule has 1 aromatic rings. The summed E-state index contributed by atoms with van der Waals surface area (Å²) in [6.07, 6.45) is 2.16. The van der Waals surface area contributed by atoms with Crippen molar-refractivity contribution in [2.24, 2.45) is 5.73 Å². The molecule has 0 radical (unpaired) electrons. The number of piperidine rings is 1. The van der Waals surface area contributed by atoms with E-state index >= 15 is 0 Å². The van der Waals surface area contributed by atoms with Gasteiger partial charge in [0.2, 0.25) is 10.0 Å². The van der Waals surface area contributed by atoms with Crippen molar-refractivity contribution >= 4 is 10.0 Å². The highest BCUT2D eigenvalue weighted by atomic mass is 32.2. The van der Waals surface area contributed by atoms with Crippen LogP contribution in [0.1, 0.15) is 19.3 Å². The Kier molecular flexibility index (Phi) is 4.17. The topological polar surface area (TPSA) is 63.4 Å². The molecule has 0 amide bonds. The predicted octanol–water partition coefficient (Wildman–Crippen LogP) is 1.47. The molecule has 0 unspecified atom stereocenters. The van der Waals surface area contributed by atoms with Crippen LogP contribution in [0.2, 0.25) is 0 Å². The van der Waals surface area contributed by atoms with Crippen molar-refractivity contribution in [2.75, 3.05) is 13.1 Å². The second kappa shape index (κ2) is 5.52. The molecule has 1 saturated heterocycles. The fourth-order valence-corrected chi connectivity index (χ4v) is 4.19. The summed E-state index contributed by atoms with van der Waals surface area (Å²) in [4.78, 5) is -0.879. The zero-order chi connectivity index (χ0) is 14.0. The summed E-state index contributed by atoms with van der Waals surface area (Å²) in [6.45, 7) is 0.396. The number of hydrogen-bond acceptors (Lipinski definition) is 3. The van der Waals surface area contributed by atoms with E-state index in [-0.39, 0.29) is 13.1 Å².